The van der Waals surface area contributed by atoms with Gasteiger partial charge in [0.15, 0.2) is 17.9 Å². The Morgan fingerprint density at radius 2 is 1.49 bits per heavy atom. The van der Waals surface area contributed by atoms with Gasteiger partial charge < -0.3 is 25.0 Å². The summed E-state index contributed by atoms with van der Waals surface area (Å²) in [6.45, 7) is 16.6. The Kier molecular flexibility index (Phi) is 12.1. The van der Waals surface area contributed by atoms with Crippen LogP contribution in [-0.4, -0.2) is 65.1 Å². The normalized spacial score (nSPS) is 16.4. The van der Waals surface area contributed by atoms with Gasteiger partial charge in [-0.2, -0.15) is 0 Å². The van der Waals surface area contributed by atoms with Crippen LogP contribution in [0.5, 0.6) is 11.5 Å². The van der Waals surface area contributed by atoms with E-state index in [2.05, 4.69) is 64.3 Å². The van der Waals surface area contributed by atoms with Crippen molar-refractivity contribution in [3.8, 4) is 11.5 Å². The zero-order valence-corrected chi connectivity index (χ0v) is 33.7. The van der Waals surface area contributed by atoms with Crippen LogP contribution in [0.4, 0.5) is 16.2 Å². The van der Waals surface area contributed by atoms with Gasteiger partial charge in [-0.15, -0.1) is 0 Å². The Morgan fingerprint density at radius 3 is 2.09 bits per heavy atom. The van der Waals surface area contributed by atoms with E-state index in [1.54, 1.807) is 19.1 Å². The molecule has 55 heavy (non-hydrogen) atoms. The first-order valence-electron chi connectivity index (χ1n) is 19.3. The summed E-state index contributed by atoms with van der Waals surface area (Å²) in [5.74, 6) is -1.46. The van der Waals surface area contributed by atoms with Gasteiger partial charge in [0.25, 0.3) is 17.7 Å². The molecule has 294 valence electrons. The standard InChI is InChI=1S/C44H56N4O7/c1-10-33(55-34-20-18-29(42(4,5)11-2)24-31(34)43(6,7)12-3)39(51)45-30-19-21-35(54-9)32(25-30)46-40(52)37(38(50)44(8)22-23-44)48-36(49)27-47(41(48)53)26-28-16-14-13-15-17-28/h13-21,24-25,33,37H,10-12,22-23,26-27H2,1-9H3,(H,45,51)(H,46,52). The van der Waals surface area contributed by atoms with Crippen LogP contribution in [0.15, 0.2) is 66.7 Å². The molecule has 2 atom stereocenters. The van der Waals surface area contributed by atoms with Crippen LogP contribution in [0.25, 0.3) is 0 Å². The van der Waals surface area contributed by atoms with E-state index in [9.17, 15) is 24.0 Å². The van der Waals surface area contributed by atoms with Crippen LogP contribution in [-0.2, 0) is 36.6 Å². The molecule has 3 aromatic carbocycles. The first-order chi connectivity index (χ1) is 26.0. The third kappa shape index (κ3) is 8.87. The van der Waals surface area contributed by atoms with Gasteiger partial charge >= 0.3 is 6.03 Å². The molecule has 11 nitrogen and oxygen atoms in total. The van der Waals surface area contributed by atoms with E-state index in [1.807, 2.05) is 43.3 Å². The molecule has 2 fully saturated rings. The largest absolute Gasteiger partial charge is 0.495 e. The summed E-state index contributed by atoms with van der Waals surface area (Å²) in [4.78, 5) is 70.9. The highest BCUT2D eigenvalue weighted by Crippen LogP contribution is 2.47. The van der Waals surface area contributed by atoms with E-state index < -0.39 is 41.2 Å². The van der Waals surface area contributed by atoms with Crippen molar-refractivity contribution in [1.29, 1.82) is 0 Å². The van der Waals surface area contributed by atoms with Gasteiger partial charge in [-0.25, -0.2) is 9.69 Å². The molecule has 1 saturated heterocycles. The molecule has 5 rings (SSSR count). The number of amides is 5. The lowest BCUT2D eigenvalue weighted by atomic mass is 9.76. The number of benzene rings is 3. The number of anilines is 2. The van der Waals surface area contributed by atoms with E-state index in [0.29, 0.717) is 30.7 Å². The molecule has 1 heterocycles. The zero-order chi connectivity index (χ0) is 40.3. The molecule has 11 heteroatoms. The van der Waals surface area contributed by atoms with E-state index in [4.69, 9.17) is 9.47 Å². The SMILES string of the molecule is CCC(Oc1ccc(C(C)(C)CC)cc1C(C)(C)CC)C(=O)Nc1ccc(OC)c(NC(=O)C(C(=O)C2(C)CC2)N2C(=O)CN(Cc3ccccc3)C2=O)c1. The Hall–Kier alpha value is -5.19. The van der Waals surface area contributed by atoms with Gasteiger partial charge in [-0.05, 0) is 78.3 Å². The summed E-state index contributed by atoms with van der Waals surface area (Å²) in [6.07, 6.45) is 2.50. The number of hydrogen-bond donors (Lipinski definition) is 2. The molecule has 5 amide bonds. The number of Topliss-reactive ketones (excluding diaryl/α,β-unsaturated/α-hetero) is 1. The van der Waals surface area contributed by atoms with Gasteiger partial charge in [0.2, 0.25) is 0 Å². The van der Waals surface area contributed by atoms with Crippen LogP contribution in [0.3, 0.4) is 0 Å². The maximum Gasteiger partial charge on any atom is 0.328 e. The van der Waals surface area contributed by atoms with E-state index in [0.717, 1.165) is 28.9 Å². The van der Waals surface area contributed by atoms with Crippen molar-refractivity contribution in [2.45, 2.75) is 117 Å². The number of ether oxygens (including phenoxy) is 2. The topological polar surface area (TPSA) is 134 Å². The lowest BCUT2D eigenvalue weighted by Crippen LogP contribution is -2.54. The summed E-state index contributed by atoms with van der Waals surface area (Å²) >= 11 is 0. The second-order valence-corrected chi connectivity index (χ2v) is 16.3. The van der Waals surface area contributed by atoms with Gasteiger partial charge in [0, 0.05) is 23.2 Å². The number of imide groups is 1. The van der Waals surface area contributed by atoms with Gasteiger partial charge in [-0.1, -0.05) is 97.9 Å². The fourth-order valence-corrected chi connectivity index (χ4v) is 6.63. The van der Waals surface area contributed by atoms with E-state index >= 15 is 0 Å². The molecule has 2 N–H and O–H groups in total. The summed E-state index contributed by atoms with van der Waals surface area (Å²) in [6, 6.07) is 17.8. The summed E-state index contributed by atoms with van der Waals surface area (Å²) in [5.41, 5.74) is 2.50. The number of ketones is 1. The van der Waals surface area contributed by atoms with Crippen molar-refractivity contribution < 1.29 is 33.4 Å². The van der Waals surface area contributed by atoms with Crippen molar-refractivity contribution in [2.75, 3.05) is 24.3 Å². The maximum atomic E-state index is 14.1. The Labute approximate surface area is 325 Å². The molecule has 0 radical (unpaired) electrons. The predicted octanol–water partition coefficient (Wildman–Crippen LogP) is 8.01. The second-order valence-electron chi connectivity index (χ2n) is 16.3. The first-order valence-corrected chi connectivity index (χ1v) is 19.3. The smallest absolute Gasteiger partial charge is 0.328 e. The van der Waals surface area contributed by atoms with Crippen LogP contribution in [0, 0.1) is 5.41 Å². The van der Waals surface area contributed by atoms with E-state index in [1.165, 1.54) is 23.6 Å². The molecule has 0 spiro atoms. The molecule has 3 aromatic rings. The van der Waals surface area contributed by atoms with Crippen molar-refractivity contribution in [3.63, 3.8) is 0 Å². The molecule has 0 aromatic heterocycles. The fourth-order valence-electron chi connectivity index (χ4n) is 6.63. The fraction of sp³-hybridized carbons (Fsp3) is 0.477. The number of carbonyl (C=O) groups is 5. The van der Waals surface area contributed by atoms with Crippen molar-refractivity contribution >= 4 is 40.9 Å². The highest BCUT2D eigenvalue weighted by molar-refractivity contribution is 6.19. The average Bonchev–Trinajstić information content (AvgIpc) is 3.87. The van der Waals surface area contributed by atoms with E-state index in [-0.39, 0.29) is 41.3 Å². The van der Waals surface area contributed by atoms with Gasteiger partial charge in [0.05, 0.1) is 12.8 Å². The third-order valence-corrected chi connectivity index (χ3v) is 11.6. The number of carbonyl (C=O) groups excluding carboxylic acids is 5. The second kappa shape index (κ2) is 16.3. The van der Waals surface area contributed by atoms with Crippen LogP contribution < -0.4 is 20.1 Å². The van der Waals surface area contributed by atoms with Gasteiger partial charge in [-0.3, -0.25) is 19.2 Å². The molecule has 2 unspecified atom stereocenters. The minimum absolute atomic E-state index is 0.0223. The monoisotopic (exact) mass is 752 g/mol. The number of hydrogen-bond acceptors (Lipinski definition) is 7. The molecule has 0 bridgehead atoms. The number of nitrogens with one attached hydrogen (secondary N) is 2. The first kappa shape index (κ1) is 41.0. The minimum Gasteiger partial charge on any atom is -0.495 e. The Bertz CT molecular complexity index is 1940. The summed E-state index contributed by atoms with van der Waals surface area (Å²) < 4.78 is 12.0. The quantitative estimate of drug-likeness (QED) is 0.105. The average molecular weight is 753 g/mol. The van der Waals surface area contributed by atoms with Gasteiger partial charge in [0.1, 0.15) is 18.0 Å². The highest BCUT2D eigenvalue weighted by Gasteiger charge is 2.55. The minimum atomic E-state index is -1.69. The number of urea groups is 1. The molecule has 1 aliphatic carbocycles. The number of rotatable bonds is 17. The number of nitrogens with zero attached hydrogens (tertiary/aromatic N) is 2. The molecular weight excluding hydrogens is 697 g/mol. The van der Waals surface area contributed by atoms with Crippen molar-refractivity contribution in [1.82, 2.24) is 9.80 Å². The van der Waals surface area contributed by atoms with Crippen LogP contribution in [0.2, 0.25) is 0 Å². The maximum absolute atomic E-state index is 14.1. The van der Waals surface area contributed by atoms with Crippen LogP contribution in [0.1, 0.15) is 104 Å². The third-order valence-electron chi connectivity index (χ3n) is 11.6. The lowest BCUT2D eigenvalue weighted by molar-refractivity contribution is -0.141. The lowest BCUT2D eigenvalue weighted by Gasteiger charge is -2.31. The summed E-state index contributed by atoms with van der Waals surface area (Å²) in [7, 11) is 1.43. The molecule has 1 aliphatic heterocycles. The molecule has 2 aliphatic rings. The summed E-state index contributed by atoms with van der Waals surface area (Å²) in [5, 5.41) is 5.66. The predicted molar refractivity (Wildman–Crippen MR) is 213 cm³/mol. The van der Waals surface area contributed by atoms with Crippen molar-refractivity contribution in [3.05, 3.63) is 83.4 Å². The highest BCUT2D eigenvalue weighted by atomic mass is 16.5. The number of methoxy groups -OCH3 is 1. The van der Waals surface area contributed by atoms with Crippen molar-refractivity contribution in [2.24, 2.45) is 5.41 Å². The Balaban J connectivity index is 1.37. The Morgan fingerprint density at radius 1 is 0.836 bits per heavy atom. The zero-order valence-electron chi connectivity index (χ0n) is 33.7. The molecular formula is C44H56N4O7. The molecule has 1 saturated carbocycles. The van der Waals surface area contributed by atoms with Crippen LogP contribution >= 0.6 is 0 Å².